The number of nitrogens with zero attached hydrogens (tertiary/aromatic N) is 2. The Kier molecular flexibility index (Phi) is 4.49. The zero-order valence-corrected chi connectivity index (χ0v) is 14.9. The van der Waals surface area contributed by atoms with Crippen LogP contribution in [-0.4, -0.2) is 35.3 Å². The number of carbonyl (C=O) groups excluding carboxylic acids is 1. The van der Waals surface area contributed by atoms with Crippen molar-refractivity contribution in [1.29, 1.82) is 0 Å². The molecule has 0 radical (unpaired) electrons. The molecule has 0 bridgehead atoms. The summed E-state index contributed by atoms with van der Waals surface area (Å²) in [6.07, 6.45) is 2.18. The molecule has 130 valence electrons. The molecule has 3 rings (SSSR count). The van der Waals surface area contributed by atoms with E-state index in [0.29, 0.717) is 17.9 Å². The smallest absolute Gasteiger partial charge is 0.253 e. The van der Waals surface area contributed by atoms with E-state index in [9.17, 15) is 4.79 Å². The van der Waals surface area contributed by atoms with E-state index < -0.39 is 0 Å². The third kappa shape index (κ3) is 3.24. The maximum atomic E-state index is 12.7. The fourth-order valence-electron chi connectivity index (χ4n) is 3.40. The van der Waals surface area contributed by atoms with Crippen molar-refractivity contribution in [2.45, 2.75) is 40.5 Å². The Morgan fingerprint density at radius 2 is 2.04 bits per heavy atom. The Bertz CT molecular complexity index is 738. The first-order valence-electron chi connectivity index (χ1n) is 8.51. The molecule has 0 spiro atoms. The third-order valence-electron chi connectivity index (χ3n) is 5.01. The summed E-state index contributed by atoms with van der Waals surface area (Å²) < 4.78 is 7.12. The van der Waals surface area contributed by atoms with Crippen LogP contribution in [-0.2, 0) is 0 Å². The molecule has 0 aliphatic carbocycles. The van der Waals surface area contributed by atoms with Crippen LogP contribution in [0.5, 0.6) is 0 Å². The molecule has 1 aliphatic rings. The Balaban J connectivity index is 1.76. The average molecular weight is 330 g/mol. The molecule has 6 heteroatoms. The molecular weight excluding hydrogens is 304 g/mol. The van der Waals surface area contributed by atoms with Gasteiger partial charge in [-0.1, -0.05) is 12.1 Å². The van der Waals surface area contributed by atoms with Gasteiger partial charge in [-0.25, -0.2) is 0 Å². The lowest BCUT2D eigenvalue weighted by Crippen LogP contribution is -2.43. The summed E-state index contributed by atoms with van der Waals surface area (Å²) in [7, 11) is 0. The number of nitrogens with one attached hydrogen (secondary N) is 2. The zero-order chi connectivity index (χ0) is 17.3. The van der Waals surface area contributed by atoms with Gasteiger partial charge in [0.25, 0.3) is 5.91 Å². The van der Waals surface area contributed by atoms with Gasteiger partial charge in [0, 0.05) is 24.0 Å². The molecule has 0 aromatic carbocycles. The minimum atomic E-state index is -0.0191. The van der Waals surface area contributed by atoms with E-state index in [4.69, 9.17) is 4.52 Å². The van der Waals surface area contributed by atoms with E-state index in [2.05, 4.69) is 22.7 Å². The quantitative estimate of drug-likeness (QED) is 0.903. The second-order valence-electron chi connectivity index (χ2n) is 7.16. The second kappa shape index (κ2) is 6.43. The van der Waals surface area contributed by atoms with Gasteiger partial charge in [0.2, 0.25) is 0 Å². The van der Waals surface area contributed by atoms with Crippen LogP contribution in [0.1, 0.15) is 47.3 Å². The topological polar surface area (TPSA) is 72.1 Å². The van der Waals surface area contributed by atoms with Gasteiger partial charge >= 0.3 is 0 Å². The van der Waals surface area contributed by atoms with Gasteiger partial charge in [0.1, 0.15) is 5.76 Å². The van der Waals surface area contributed by atoms with Gasteiger partial charge in [0.05, 0.1) is 5.56 Å². The Labute approximate surface area is 142 Å². The fourth-order valence-corrected chi connectivity index (χ4v) is 3.40. The predicted octanol–water partition coefficient (Wildman–Crippen LogP) is 2.51. The number of rotatable bonds is 4. The van der Waals surface area contributed by atoms with Gasteiger partial charge < -0.3 is 15.2 Å². The van der Waals surface area contributed by atoms with Crippen LogP contribution in [0.15, 0.2) is 16.7 Å². The number of aromatic nitrogens is 2. The highest BCUT2D eigenvalue weighted by Gasteiger charge is 2.28. The first kappa shape index (κ1) is 16.8. The van der Waals surface area contributed by atoms with Crippen molar-refractivity contribution in [1.82, 2.24) is 20.4 Å². The van der Waals surface area contributed by atoms with Crippen molar-refractivity contribution in [2.24, 2.45) is 5.41 Å². The van der Waals surface area contributed by atoms with E-state index in [1.807, 2.05) is 37.5 Å². The van der Waals surface area contributed by atoms with Crippen molar-refractivity contribution >= 4 is 5.91 Å². The normalized spacial score (nSPS) is 17.0. The maximum Gasteiger partial charge on any atom is 0.253 e. The molecule has 1 saturated heterocycles. The molecule has 24 heavy (non-hydrogen) atoms. The van der Waals surface area contributed by atoms with Crippen LogP contribution in [0.2, 0.25) is 0 Å². The first-order chi connectivity index (χ1) is 11.4. The summed E-state index contributed by atoms with van der Waals surface area (Å²) in [6.45, 7) is 10.8. The molecule has 1 aliphatic heterocycles. The van der Waals surface area contributed by atoms with E-state index in [1.54, 1.807) is 0 Å². The largest absolute Gasteiger partial charge is 0.360 e. The number of carbonyl (C=O) groups is 1. The lowest BCUT2D eigenvalue weighted by atomic mass is 9.81. The lowest BCUT2D eigenvalue weighted by molar-refractivity contribution is 0.0921. The van der Waals surface area contributed by atoms with Gasteiger partial charge in [-0.3, -0.25) is 9.36 Å². The molecule has 0 atom stereocenters. The van der Waals surface area contributed by atoms with Crippen molar-refractivity contribution in [2.75, 3.05) is 19.6 Å². The van der Waals surface area contributed by atoms with E-state index >= 15 is 0 Å². The summed E-state index contributed by atoms with van der Waals surface area (Å²) in [6, 6.07) is 3.79. The van der Waals surface area contributed by atoms with Gasteiger partial charge in [-0.15, -0.1) is 0 Å². The van der Waals surface area contributed by atoms with Crippen LogP contribution in [0.25, 0.3) is 5.82 Å². The standard InChI is InChI=1S/C18H26N4O2/c1-12-9-15(14(3)22(12)16-10-13(2)24-21-16)17(23)20-11-18(4)5-7-19-8-6-18/h9-10,19H,5-8,11H2,1-4H3,(H,20,23). The Morgan fingerprint density at radius 3 is 2.67 bits per heavy atom. The SMILES string of the molecule is Cc1cc(-n2c(C)cc(C(=O)NCC3(C)CCNCC3)c2C)no1. The summed E-state index contributed by atoms with van der Waals surface area (Å²) in [5.41, 5.74) is 2.73. The van der Waals surface area contributed by atoms with Crippen LogP contribution in [0.4, 0.5) is 0 Å². The summed E-state index contributed by atoms with van der Waals surface area (Å²) in [4.78, 5) is 12.7. The first-order valence-corrected chi connectivity index (χ1v) is 8.51. The number of hydrogen-bond acceptors (Lipinski definition) is 4. The van der Waals surface area contributed by atoms with E-state index in [1.165, 1.54) is 0 Å². The van der Waals surface area contributed by atoms with Crippen LogP contribution in [0.3, 0.4) is 0 Å². The fraction of sp³-hybridized carbons (Fsp3) is 0.556. The monoisotopic (exact) mass is 330 g/mol. The van der Waals surface area contributed by atoms with E-state index in [0.717, 1.165) is 43.1 Å². The van der Waals surface area contributed by atoms with Crippen molar-refractivity contribution in [3.05, 3.63) is 34.8 Å². The molecule has 2 N–H and O–H groups in total. The Morgan fingerprint density at radius 1 is 1.33 bits per heavy atom. The van der Waals surface area contributed by atoms with Gasteiger partial charge in [-0.2, -0.15) is 0 Å². The number of aryl methyl sites for hydroxylation is 2. The van der Waals surface area contributed by atoms with Crippen molar-refractivity contribution < 1.29 is 9.32 Å². The molecule has 6 nitrogen and oxygen atoms in total. The van der Waals surface area contributed by atoms with E-state index in [-0.39, 0.29) is 11.3 Å². The number of amides is 1. The maximum absolute atomic E-state index is 12.7. The molecule has 1 fully saturated rings. The second-order valence-corrected chi connectivity index (χ2v) is 7.16. The summed E-state index contributed by atoms with van der Waals surface area (Å²) >= 11 is 0. The Hall–Kier alpha value is -2.08. The molecule has 1 amide bonds. The molecule has 2 aromatic heterocycles. The zero-order valence-electron chi connectivity index (χ0n) is 14.9. The van der Waals surface area contributed by atoms with Crippen LogP contribution >= 0.6 is 0 Å². The van der Waals surface area contributed by atoms with Crippen molar-refractivity contribution in [3.63, 3.8) is 0 Å². The number of hydrogen-bond donors (Lipinski definition) is 2. The molecule has 3 heterocycles. The van der Waals surface area contributed by atoms with Gasteiger partial charge in [0.15, 0.2) is 5.82 Å². The highest BCUT2D eigenvalue weighted by molar-refractivity contribution is 5.95. The molecule has 0 unspecified atom stereocenters. The number of piperidine rings is 1. The minimum Gasteiger partial charge on any atom is -0.360 e. The summed E-state index contributed by atoms with van der Waals surface area (Å²) in [5.74, 6) is 1.45. The minimum absolute atomic E-state index is 0.0191. The van der Waals surface area contributed by atoms with Crippen LogP contribution < -0.4 is 10.6 Å². The van der Waals surface area contributed by atoms with Crippen molar-refractivity contribution in [3.8, 4) is 5.82 Å². The van der Waals surface area contributed by atoms with Gasteiger partial charge in [-0.05, 0) is 58.2 Å². The highest BCUT2D eigenvalue weighted by Crippen LogP contribution is 2.27. The summed E-state index contributed by atoms with van der Waals surface area (Å²) in [5, 5.41) is 10.6. The van der Waals surface area contributed by atoms with Crippen LogP contribution in [0, 0.1) is 26.2 Å². The molecule has 2 aromatic rings. The lowest BCUT2D eigenvalue weighted by Gasteiger charge is -2.34. The highest BCUT2D eigenvalue weighted by atomic mass is 16.5. The third-order valence-corrected chi connectivity index (χ3v) is 5.01. The average Bonchev–Trinajstić information content (AvgIpc) is 3.09. The molecular formula is C18H26N4O2. The predicted molar refractivity (Wildman–Crippen MR) is 92.6 cm³/mol. The molecule has 0 saturated carbocycles.